The number of carbonyl (C=O) groups excluding carboxylic acids is 1. The summed E-state index contributed by atoms with van der Waals surface area (Å²) in [6, 6.07) is 8.36. The molecule has 1 saturated heterocycles. The highest BCUT2D eigenvalue weighted by atomic mass is 16.1. The number of rotatable bonds is 2. The van der Waals surface area contributed by atoms with Gasteiger partial charge in [0.1, 0.15) is 5.69 Å². The SMILES string of the molecule is O=C(NC1CCC2NNCC2C1)c1cnc2ccccc2n1. The largest absolute Gasteiger partial charge is 0.348 e. The Kier molecular flexibility index (Phi) is 3.48. The van der Waals surface area contributed by atoms with Gasteiger partial charge in [0, 0.05) is 18.6 Å². The molecule has 22 heavy (non-hydrogen) atoms. The third kappa shape index (κ3) is 2.55. The molecule has 0 radical (unpaired) electrons. The Balaban J connectivity index is 1.46. The molecule has 1 aliphatic carbocycles. The number of para-hydroxylation sites is 2. The Morgan fingerprint density at radius 3 is 3.00 bits per heavy atom. The van der Waals surface area contributed by atoms with Crippen LogP contribution in [0, 0.1) is 5.92 Å². The van der Waals surface area contributed by atoms with E-state index in [-0.39, 0.29) is 11.9 Å². The van der Waals surface area contributed by atoms with E-state index < -0.39 is 0 Å². The van der Waals surface area contributed by atoms with Crippen LogP contribution in [-0.2, 0) is 0 Å². The molecule has 3 atom stereocenters. The van der Waals surface area contributed by atoms with Gasteiger partial charge >= 0.3 is 0 Å². The summed E-state index contributed by atoms with van der Waals surface area (Å²) in [5.41, 5.74) is 8.46. The number of fused-ring (bicyclic) bond motifs is 2. The molecule has 2 fully saturated rings. The predicted octanol–water partition coefficient (Wildman–Crippen LogP) is 1.00. The fourth-order valence-electron chi connectivity index (χ4n) is 3.46. The smallest absolute Gasteiger partial charge is 0.271 e. The summed E-state index contributed by atoms with van der Waals surface area (Å²) in [6.45, 7) is 0.979. The van der Waals surface area contributed by atoms with E-state index in [9.17, 15) is 4.79 Å². The van der Waals surface area contributed by atoms with E-state index in [1.54, 1.807) is 6.20 Å². The van der Waals surface area contributed by atoms with Gasteiger partial charge in [0.05, 0.1) is 17.2 Å². The van der Waals surface area contributed by atoms with Crippen molar-refractivity contribution in [2.24, 2.45) is 5.92 Å². The average molecular weight is 297 g/mol. The first-order valence-electron chi connectivity index (χ1n) is 7.80. The number of aromatic nitrogens is 2. The Morgan fingerprint density at radius 2 is 2.09 bits per heavy atom. The van der Waals surface area contributed by atoms with Crippen LogP contribution < -0.4 is 16.2 Å². The third-order valence-corrected chi connectivity index (χ3v) is 4.65. The second-order valence-corrected chi connectivity index (χ2v) is 6.12. The van der Waals surface area contributed by atoms with Gasteiger partial charge in [0.2, 0.25) is 0 Å². The van der Waals surface area contributed by atoms with Crippen molar-refractivity contribution in [3.05, 3.63) is 36.2 Å². The molecule has 0 bridgehead atoms. The number of nitrogens with zero attached hydrogens (tertiary/aromatic N) is 2. The molecular formula is C16H19N5O. The topological polar surface area (TPSA) is 78.9 Å². The van der Waals surface area contributed by atoms with Crippen LogP contribution in [-0.4, -0.2) is 34.5 Å². The summed E-state index contributed by atoms with van der Waals surface area (Å²) in [4.78, 5) is 21.1. The van der Waals surface area contributed by atoms with E-state index >= 15 is 0 Å². The van der Waals surface area contributed by atoms with E-state index in [0.717, 1.165) is 36.8 Å². The molecule has 1 aromatic heterocycles. The highest BCUT2D eigenvalue weighted by Gasteiger charge is 2.34. The zero-order chi connectivity index (χ0) is 14.9. The predicted molar refractivity (Wildman–Crippen MR) is 83.1 cm³/mol. The Hall–Kier alpha value is -2.05. The number of carbonyl (C=O) groups is 1. The fraction of sp³-hybridized carbons (Fsp3) is 0.438. The number of hydrogen-bond acceptors (Lipinski definition) is 5. The van der Waals surface area contributed by atoms with Crippen LogP contribution in [0.1, 0.15) is 29.8 Å². The standard InChI is InChI=1S/C16H19N5O/c22-16(15-9-17-13-3-1-2-4-14(13)20-15)19-11-5-6-12-10(7-11)8-18-21-12/h1-4,9-12,18,21H,5-8H2,(H,19,22). The molecule has 2 aliphatic rings. The molecule has 2 aromatic rings. The van der Waals surface area contributed by atoms with Gasteiger partial charge < -0.3 is 5.32 Å². The van der Waals surface area contributed by atoms with Crippen LogP contribution >= 0.6 is 0 Å². The lowest BCUT2D eigenvalue weighted by Gasteiger charge is -2.31. The van der Waals surface area contributed by atoms with Gasteiger partial charge in [0.15, 0.2) is 0 Å². The van der Waals surface area contributed by atoms with Crippen molar-refractivity contribution in [1.29, 1.82) is 0 Å². The van der Waals surface area contributed by atoms with Crippen LogP contribution in [0.5, 0.6) is 0 Å². The number of benzene rings is 1. The summed E-state index contributed by atoms with van der Waals surface area (Å²) in [6.07, 6.45) is 4.66. The molecule has 1 aromatic carbocycles. The van der Waals surface area contributed by atoms with Crippen LogP contribution in [0.3, 0.4) is 0 Å². The highest BCUT2D eigenvalue weighted by Crippen LogP contribution is 2.26. The van der Waals surface area contributed by atoms with Crippen molar-refractivity contribution < 1.29 is 4.79 Å². The summed E-state index contributed by atoms with van der Waals surface area (Å²) in [5, 5.41) is 3.12. The summed E-state index contributed by atoms with van der Waals surface area (Å²) >= 11 is 0. The molecular weight excluding hydrogens is 278 g/mol. The monoisotopic (exact) mass is 297 g/mol. The quantitative estimate of drug-likeness (QED) is 0.771. The molecule has 6 nitrogen and oxygen atoms in total. The van der Waals surface area contributed by atoms with Crippen molar-refractivity contribution in [2.75, 3.05) is 6.54 Å². The molecule has 1 amide bonds. The van der Waals surface area contributed by atoms with E-state index in [2.05, 4.69) is 26.1 Å². The van der Waals surface area contributed by atoms with Crippen LogP contribution in [0.4, 0.5) is 0 Å². The number of hydrogen-bond donors (Lipinski definition) is 3. The molecule has 3 unspecified atom stereocenters. The second kappa shape index (κ2) is 5.62. The Morgan fingerprint density at radius 1 is 1.23 bits per heavy atom. The second-order valence-electron chi connectivity index (χ2n) is 6.12. The molecule has 6 heteroatoms. The van der Waals surface area contributed by atoms with Crippen molar-refractivity contribution in [3.8, 4) is 0 Å². The van der Waals surface area contributed by atoms with Crippen LogP contribution in [0.15, 0.2) is 30.5 Å². The number of nitrogens with one attached hydrogen (secondary N) is 3. The molecule has 4 rings (SSSR count). The van der Waals surface area contributed by atoms with E-state index in [4.69, 9.17) is 0 Å². The maximum absolute atomic E-state index is 12.4. The third-order valence-electron chi connectivity index (χ3n) is 4.65. The van der Waals surface area contributed by atoms with Crippen molar-refractivity contribution in [3.63, 3.8) is 0 Å². The lowest BCUT2D eigenvalue weighted by Crippen LogP contribution is -2.44. The first-order chi connectivity index (χ1) is 10.8. The molecule has 1 saturated carbocycles. The van der Waals surface area contributed by atoms with Gasteiger partial charge in [-0.15, -0.1) is 0 Å². The minimum atomic E-state index is -0.124. The van der Waals surface area contributed by atoms with Crippen molar-refractivity contribution in [1.82, 2.24) is 26.1 Å². The lowest BCUT2D eigenvalue weighted by atomic mass is 9.83. The van der Waals surface area contributed by atoms with Gasteiger partial charge in [0.25, 0.3) is 5.91 Å². The lowest BCUT2D eigenvalue weighted by molar-refractivity contribution is 0.0913. The highest BCUT2D eigenvalue weighted by molar-refractivity contribution is 5.93. The minimum absolute atomic E-state index is 0.124. The number of amides is 1. The number of hydrazine groups is 1. The van der Waals surface area contributed by atoms with Gasteiger partial charge in [-0.25, -0.2) is 4.98 Å². The Labute approximate surface area is 128 Å². The first-order valence-corrected chi connectivity index (χ1v) is 7.80. The summed E-state index contributed by atoms with van der Waals surface area (Å²) in [5.74, 6) is 0.474. The zero-order valence-corrected chi connectivity index (χ0v) is 12.2. The van der Waals surface area contributed by atoms with Crippen LogP contribution in [0.25, 0.3) is 11.0 Å². The van der Waals surface area contributed by atoms with Crippen LogP contribution in [0.2, 0.25) is 0 Å². The molecule has 0 spiro atoms. The first kappa shape index (κ1) is 13.6. The van der Waals surface area contributed by atoms with Gasteiger partial charge in [-0.05, 0) is 37.3 Å². The zero-order valence-electron chi connectivity index (χ0n) is 12.2. The molecule has 2 heterocycles. The maximum atomic E-state index is 12.4. The van der Waals surface area contributed by atoms with Crippen molar-refractivity contribution in [2.45, 2.75) is 31.3 Å². The van der Waals surface area contributed by atoms with E-state index in [1.807, 2.05) is 24.3 Å². The maximum Gasteiger partial charge on any atom is 0.271 e. The Bertz CT molecular complexity index is 704. The fourth-order valence-corrected chi connectivity index (χ4v) is 3.46. The normalized spacial score (nSPS) is 27.5. The average Bonchev–Trinajstić information content (AvgIpc) is 3.02. The van der Waals surface area contributed by atoms with E-state index in [1.165, 1.54) is 0 Å². The van der Waals surface area contributed by atoms with E-state index in [0.29, 0.717) is 17.7 Å². The molecule has 3 N–H and O–H groups in total. The molecule has 114 valence electrons. The molecule has 1 aliphatic heterocycles. The van der Waals surface area contributed by atoms with Gasteiger partial charge in [-0.1, -0.05) is 12.1 Å². The minimum Gasteiger partial charge on any atom is -0.348 e. The van der Waals surface area contributed by atoms with Gasteiger partial charge in [-0.3, -0.25) is 20.6 Å². The summed E-state index contributed by atoms with van der Waals surface area (Å²) in [7, 11) is 0. The van der Waals surface area contributed by atoms with Crippen molar-refractivity contribution >= 4 is 16.9 Å². The summed E-state index contributed by atoms with van der Waals surface area (Å²) < 4.78 is 0. The van der Waals surface area contributed by atoms with Gasteiger partial charge in [-0.2, -0.15) is 0 Å².